The van der Waals surface area contributed by atoms with Crippen molar-refractivity contribution in [3.63, 3.8) is 0 Å². The Morgan fingerprint density at radius 1 is 1.50 bits per heavy atom. The second kappa shape index (κ2) is 7.70. The van der Waals surface area contributed by atoms with Gasteiger partial charge >= 0.3 is 0 Å². The third-order valence-electron chi connectivity index (χ3n) is 5.68. The number of ether oxygens (including phenoxy) is 1. The number of nitrogens with one attached hydrogen (secondary N) is 2. The summed E-state index contributed by atoms with van der Waals surface area (Å²) in [7, 11) is 0. The van der Waals surface area contributed by atoms with Gasteiger partial charge in [-0.25, -0.2) is 9.37 Å². The van der Waals surface area contributed by atoms with Crippen LogP contribution in [0.3, 0.4) is 0 Å². The van der Waals surface area contributed by atoms with Gasteiger partial charge in [-0.15, -0.1) is 0 Å². The van der Waals surface area contributed by atoms with Crippen molar-refractivity contribution in [1.82, 2.24) is 14.9 Å². The van der Waals surface area contributed by atoms with E-state index in [4.69, 9.17) is 4.74 Å². The van der Waals surface area contributed by atoms with E-state index in [1.54, 1.807) is 22.3 Å². The van der Waals surface area contributed by atoms with Gasteiger partial charge in [-0.1, -0.05) is 11.3 Å². The summed E-state index contributed by atoms with van der Waals surface area (Å²) in [6, 6.07) is 6.28. The average Bonchev–Trinajstić information content (AvgIpc) is 3.50. The minimum absolute atomic E-state index is 0.190. The Kier molecular flexibility index (Phi) is 4.89. The molecule has 1 aromatic carbocycles. The lowest BCUT2D eigenvalue weighted by Crippen LogP contribution is -2.35. The minimum Gasteiger partial charge on any atom is -0.381 e. The van der Waals surface area contributed by atoms with Gasteiger partial charge in [0.2, 0.25) is 0 Å². The molecule has 2 aliphatic heterocycles. The molecule has 4 heterocycles. The van der Waals surface area contributed by atoms with Crippen molar-refractivity contribution in [2.45, 2.75) is 19.4 Å². The van der Waals surface area contributed by atoms with Crippen LogP contribution in [0.4, 0.5) is 9.52 Å². The number of amides is 1. The lowest BCUT2D eigenvalue weighted by Gasteiger charge is -2.25. The summed E-state index contributed by atoms with van der Waals surface area (Å²) >= 11 is 1.58. The molecule has 0 spiro atoms. The van der Waals surface area contributed by atoms with Crippen molar-refractivity contribution in [1.29, 1.82) is 5.26 Å². The lowest BCUT2D eigenvalue weighted by molar-refractivity contribution is 0.0731. The Labute approximate surface area is 176 Å². The molecule has 9 heteroatoms. The summed E-state index contributed by atoms with van der Waals surface area (Å²) in [6.45, 7) is 3.48. The van der Waals surface area contributed by atoms with Crippen molar-refractivity contribution in [3.05, 3.63) is 45.8 Å². The molecule has 3 aromatic rings. The van der Waals surface area contributed by atoms with E-state index in [1.165, 1.54) is 12.1 Å². The summed E-state index contributed by atoms with van der Waals surface area (Å²) in [6.07, 6.45) is 1.75. The summed E-state index contributed by atoms with van der Waals surface area (Å²) in [5.41, 5.74) is 1.85. The number of nitriles is 1. The standard InChI is InChI=1S/C21H20FN5O2S/c22-15-2-1-13(8-23)14-7-17(25-19(14)15)20(28)27-5-3-16-18(10-27)30-21(26-16)24-9-12-4-6-29-11-12/h1-2,7,12,25H,3-6,9-11H2,(H,24,26). The second-order valence-corrected chi connectivity index (χ2v) is 8.74. The Hall–Kier alpha value is -2.96. The lowest BCUT2D eigenvalue weighted by atomic mass is 10.1. The van der Waals surface area contributed by atoms with Gasteiger partial charge in [0.15, 0.2) is 5.13 Å². The number of anilines is 1. The van der Waals surface area contributed by atoms with Crippen LogP contribution in [0.25, 0.3) is 10.9 Å². The van der Waals surface area contributed by atoms with Gasteiger partial charge in [0, 0.05) is 42.3 Å². The van der Waals surface area contributed by atoms with E-state index >= 15 is 0 Å². The van der Waals surface area contributed by atoms with Crippen LogP contribution in [-0.4, -0.2) is 47.1 Å². The zero-order chi connectivity index (χ0) is 20.7. The van der Waals surface area contributed by atoms with Crippen molar-refractivity contribution in [3.8, 4) is 6.07 Å². The predicted molar refractivity (Wildman–Crippen MR) is 111 cm³/mol. The number of carbonyl (C=O) groups excluding carboxylic acids is 1. The van der Waals surface area contributed by atoms with Gasteiger partial charge in [0.05, 0.1) is 36.0 Å². The quantitative estimate of drug-likeness (QED) is 0.669. The Morgan fingerprint density at radius 3 is 3.20 bits per heavy atom. The Morgan fingerprint density at radius 2 is 2.40 bits per heavy atom. The fraction of sp³-hybridized carbons (Fsp3) is 0.381. The summed E-state index contributed by atoms with van der Waals surface area (Å²) < 4.78 is 19.5. The molecule has 2 aliphatic rings. The maximum Gasteiger partial charge on any atom is 0.270 e. The van der Waals surface area contributed by atoms with Crippen LogP contribution in [0.5, 0.6) is 0 Å². The van der Waals surface area contributed by atoms with E-state index < -0.39 is 5.82 Å². The predicted octanol–water partition coefficient (Wildman–Crippen LogP) is 3.28. The Bertz CT molecular complexity index is 1160. The highest BCUT2D eigenvalue weighted by molar-refractivity contribution is 7.15. The van der Waals surface area contributed by atoms with E-state index in [9.17, 15) is 14.4 Å². The number of hydrogen-bond acceptors (Lipinski definition) is 6. The number of rotatable bonds is 4. The van der Waals surface area contributed by atoms with Crippen molar-refractivity contribution in [2.75, 3.05) is 31.6 Å². The molecule has 1 atom stereocenters. The van der Waals surface area contributed by atoms with Crippen molar-refractivity contribution >= 4 is 33.3 Å². The molecular weight excluding hydrogens is 405 g/mol. The van der Waals surface area contributed by atoms with Gasteiger partial charge in [-0.05, 0) is 24.6 Å². The molecular formula is C21H20FN5O2S. The number of thiazole rings is 1. The number of benzene rings is 1. The van der Waals surface area contributed by atoms with Crippen molar-refractivity contribution in [2.24, 2.45) is 5.92 Å². The van der Waals surface area contributed by atoms with Gasteiger partial charge < -0.3 is 19.9 Å². The van der Waals surface area contributed by atoms with E-state index in [0.717, 1.165) is 41.9 Å². The van der Waals surface area contributed by atoms with Crippen LogP contribution in [-0.2, 0) is 17.7 Å². The smallest absolute Gasteiger partial charge is 0.270 e. The van der Waals surface area contributed by atoms with Gasteiger partial charge in [0.1, 0.15) is 11.5 Å². The third kappa shape index (κ3) is 3.42. The maximum atomic E-state index is 14.1. The van der Waals surface area contributed by atoms with Gasteiger partial charge in [-0.3, -0.25) is 4.79 Å². The van der Waals surface area contributed by atoms with Crippen LogP contribution in [0, 0.1) is 23.1 Å². The van der Waals surface area contributed by atoms with Gasteiger partial charge in [-0.2, -0.15) is 5.26 Å². The number of fused-ring (bicyclic) bond motifs is 2. The molecule has 7 nitrogen and oxygen atoms in total. The fourth-order valence-corrected chi connectivity index (χ4v) is 5.02. The number of halogens is 1. The SMILES string of the molecule is N#Cc1ccc(F)c2[nH]c(C(=O)N3CCc4nc(NCC5CCOC5)sc4C3)cc12. The third-order valence-corrected chi connectivity index (χ3v) is 6.72. The van der Waals surface area contributed by atoms with Crippen LogP contribution in [0.2, 0.25) is 0 Å². The second-order valence-electron chi connectivity index (χ2n) is 7.65. The molecule has 1 unspecified atom stereocenters. The maximum absolute atomic E-state index is 14.1. The van der Waals surface area contributed by atoms with E-state index in [0.29, 0.717) is 42.1 Å². The number of carbonyl (C=O) groups is 1. The molecule has 1 amide bonds. The molecule has 1 saturated heterocycles. The monoisotopic (exact) mass is 425 g/mol. The first-order chi connectivity index (χ1) is 14.6. The highest BCUT2D eigenvalue weighted by atomic mass is 32.1. The van der Waals surface area contributed by atoms with Crippen LogP contribution in [0.1, 0.15) is 33.0 Å². The number of aromatic amines is 1. The fourth-order valence-electron chi connectivity index (χ4n) is 3.99. The molecule has 0 saturated carbocycles. The topological polar surface area (TPSA) is 94.0 Å². The molecule has 154 valence electrons. The van der Waals surface area contributed by atoms with Gasteiger partial charge in [0.25, 0.3) is 5.91 Å². The first kappa shape index (κ1) is 19.0. The van der Waals surface area contributed by atoms with E-state index in [-0.39, 0.29) is 11.4 Å². The number of H-pyrrole nitrogens is 1. The molecule has 0 aliphatic carbocycles. The van der Waals surface area contributed by atoms with Crippen LogP contribution >= 0.6 is 11.3 Å². The number of hydrogen-bond donors (Lipinski definition) is 2. The normalized spacial score (nSPS) is 18.4. The molecule has 2 aromatic heterocycles. The first-order valence-electron chi connectivity index (χ1n) is 9.93. The highest BCUT2D eigenvalue weighted by Gasteiger charge is 2.27. The van der Waals surface area contributed by atoms with Crippen molar-refractivity contribution < 1.29 is 13.9 Å². The molecule has 5 rings (SSSR count). The molecule has 1 fully saturated rings. The molecule has 0 radical (unpaired) electrons. The molecule has 2 N–H and O–H groups in total. The zero-order valence-corrected chi connectivity index (χ0v) is 17.0. The van der Waals surface area contributed by atoms with Crippen LogP contribution < -0.4 is 5.32 Å². The minimum atomic E-state index is -0.477. The highest BCUT2D eigenvalue weighted by Crippen LogP contribution is 2.30. The van der Waals surface area contributed by atoms with E-state index in [1.807, 2.05) is 6.07 Å². The Balaban J connectivity index is 1.32. The molecule has 0 bridgehead atoms. The average molecular weight is 425 g/mol. The largest absolute Gasteiger partial charge is 0.381 e. The number of nitrogens with zero attached hydrogens (tertiary/aromatic N) is 3. The summed E-state index contributed by atoms with van der Waals surface area (Å²) in [4.78, 5) is 23.4. The molecule has 30 heavy (non-hydrogen) atoms. The summed E-state index contributed by atoms with van der Waals surface area (Å²) in [5.74, 6) is -0.161. The number of aromatic nitrogens is 2. The van der Waals surface area contributed by atoms with Crippen LogP contribution in [0.15, 0.2) is 18.2 Å². The first-order valence-corrected chi connectivity index (χ1v) is 10.7. The zero-order valence-electron chi connectivity index (χ0n) is 16.2. The van der Waals surface area contributed by atoms with E-state index in [2.05, 4.69) is 15.3 Å². The summed E-state index contributed by atoms with van der Waals surface area (Å²) in [5, 5.41) is 14.0.